The van der Waals surface area contributed by atoms with E-state index in [9.17, 15) is 9.59 Å². The fourth-order valence-electron chi connectivity index (χ4n) is 3.88. The van der Waals surface area contributed by atoms with Crippen LogP contribution in [0.1, 0.15) is 35.2 Å². The smallest absolute Gasteiger partial charge is 0.226 e. The van der Waals surface area contributed by atoms with Gasteiger partial charge >= 0.3 is 0 Å². The Kier molecular flexibility index (Phi) is 7.82. The van der Waals surface area contributed by atoms with Crippen molar-refractivity contribution in [2.24, 2.45) is 5.92 Å². The number of nitrogens with zero attached hydrogens (tertiary/aromatic N) is 2. The lowest BCUT2D eigenvalue weighted by molar-refractivity contribution is -0.137. The van der Waals surface area contributed by atoms with Gasteiger partial charge in [-0.3, -0.25) is 9.59 Å². The molecule has 1 amide bonds. The van der Waals surface area contributed by atoms with Crippen LogP contribution in [-0.4, -0.2) is 50.4 Å². The van der Waals surface area contributed by atoms with Gasteiger partial charge in [0.2, 0.25) is 5.91 Å². The Morgan fingerprint density at radius 1 is 1.10 bits per heavy atom. The Morgan fingerprint density at radius 2 is 1.79 bits per heavy atom. The van der Waals surface area contributed by atoms with Crippen LogP contribution in [0, 0.1) is 5.92 Å². The largest absolute Gasteiger partial charge is 0.385 e. The lowest BCUT2D eigenvalue weighted by Crippen LogP contribution is -2.43. The minimum absolute atomic E-state index is 0.0618. The van der Waals surface area contributed by atoms with E-state index in [0.29, 0.717) is 18.7 Å². The molecule has 0 aromatic heterocycles. The first kappa shape index (κ1) is 21.1. The van der Waals surface area contributed by atoms with Crippen LogP contribution in [0.2, 0.25) is 0 Å². The zero-order valence-corrected chi connectivity index (χ0v) is 17.1. The number of carbonyl (C=O) groups excluding carboxylic acids is 2. The number of anilines is 1. The van der Waals surface area contributed by atoms with Crippen molar-refractivity contribution in [1.82, 2.24) is 4.90 Å². The molecule has 5 heteroatoms. The number of methoxy groups -OCH3 is 1. The van der Waals surface area contributed by atoms with Gasteiger partial charge in [0.05, 0.1) is 0 Å². The molecule has 1 saturated heterocycles. The number of aldehydes is 1. The average Bonchev–Trinajstić information content (AvgIpc) is 2.79. The average molecular weight is 395 g/mol. The standard InChI is InChI=1S/C24H30N2O3/c1-29-17-5-14-26(18-20-6-3-2-4-7-20)24(28)22-12-15-25(16-13-22)23-10-8-21(19-27)9-11-23/h2-4,6-11,19,22H,5,12-18H2,1H3. The third-order valence-corrected chi connectivity index (χ3v) is 5.54. The van der Waals surface area contributed by atoms with Crippen molar-refractivity contribution < 1.29 is 14.3 Å². The van der Waals surface area contributed by atoms with Crippen LogP contribution in [0.15, 0.2) is 54.6 Å². The Morgan fingerprint density at radius 3 is 2.41 bits per heavy atom. The van der Waals surface area contributed by atoms with Crippen LogP contribution in [0.4, 0.5) is 5.69 Å². The van der Waals surface area contributed by atoms with Crippen molar-refractivity contribution in [3.63, 3.8) is 0 Å². The molecule has 3 rings (SSSR count). The number of rotatable bonds is 9. The highest BCUT2D eigenvalue weighted by Gasteiger charge is 2.28. The number of hydrogen-bond donors (Lipinski definition) is 0. The summed E-state index contributed by atoms with van der Waals surface area (Å²) in [6.07, 6.45) is 3.41. The normalized spacial score (nSPS) is 14.6. The monoisotopic (exact) mass is 394 g/mol. The number of piperidine rings is 1. The summed E-state index contributed by atoms with van der Waals surface area (Å²) in [5, 5.41) is 0. The van der Waals surface area contributed by atoms with Crippen LogP contribution >= 0.6 is 0 Å². The molecule has 0 aliphatic carbocycles. The zero-order valence-electron chi connectivity index (χ0n) is 17.1. The minimum atomic E-state index is 0.0618. The fourth-order valence-corrected chi connectivity index (χ4v) is 3.88. The van der Waals surface area contributed by atoms with E-state index in [0.717, 1.165) is 56.4 Å². The summed E-state index contributed by atoms with van der Waals surface area (Å²) >= 11 is 0. The van der Waals surface area contributed by atoms with Gasteiger partial charge in [-0.05, 0) is 49.1 Å². The van der Waals surface area contributed by atoms with E-state index in [-0.39, 0.29) is 11.8 Å². The molecule has 0 saturated carbocycles. The van der Waals surface area contributed by atoms with Gasteiger partial charge in [-0.25, -0.2) is 0 Å². The molecule has 0 bridgehead atoms. The molecule has 29 heavy (non-hydrogen) atoms. The summed E-state index contributed by atoms with van der Waals surface area (Å²) < 4.78 is 5.18. The summed E-state index contributed by atoms with van der Waals surface area (Å²) in [6.45, 7) is 3.74. The number of carbonyl (C=O) groups is 2. The third-order valence-electron chi connectivity index (χ3n) is 5.54. The summed E-state index contributed by atoms with van der Waals surface area (Å²) in [7, 11) is 1.70. The van der Waals surface area contributed by atoms with Crippen LogP contribution in [0.3, 0.4) is 0 Å². The van der Waals surface area contributed by atoms with E-state index in [1.807, 2.05) is 47.4 Å². The second-order valence-electron chi connectivity index (χ2n) is 7.56. The summed E-state index contributed by atoms with van der Waals surface area (Å²) in [4.78, 5) is 28.4. The molecule has 5 nitrogen and oxygen atoms in total. The molecule has 2 aromatic rings. The molecule has 1 aliphatic rings. The Bertz CT molecular complexity index is 768. The van der Waals surface area contributed by atoms with E-state index in [1.54, 1.807) is 7.11 Å². The summed E-state index contributed by atoms with van der Waals surface area (Å²) in [6, 6.07) is 17.8. The second kappa shape index (κ2) is 10.8. The Labute approximate surface area is 173 Å². The van der Waals surface area contributed by atoms with Crippen molar-refractivity contribution in [3.05, 3.63) is 65.7 Å². The predicted octanol–water partition coefficient (Wildman–Crippen LogP) is 3.78. The van der Waals surface area contributed by atoms with E-state index in [4.69, 9.17) is 4.74 Å². The SMILES string of the molecule is COCCCN(Cc1ccccc1)C(=O)C1CCN(c2ccc(C=O)cc2)CC1. The highest BCUT2D eigenvalue weighted by molar-refractivity contribution is 5.79. The van der Waals surface area contributed by atoms with E-state index in [2.05, 4.69) is 17.0 Å². The topological polar surface area (TPSA) is 49.9 Å². The van der Waals surface area contributed by atoms with Crippen molar-refractivity contribution in [3.8, 4) is 0 Å². The molecular formula is C24H30N2O3. The van der Waals surface area contributed by atoms with Gasteiger partial charge in [-0.1, -0.05) is 30.3 Å². The molecule has 1 aliphatic heterocycles. The fraction of sp³-hybridized carbons (Fsp3) is 0.417. The third kappa shape index (κ3) is 5.91. The molecule has 0 unspecified atom stereocenters. The van der Waals surface area contributed by atoms with Crippen molar-refractivity contribution >= 4 is 17.9 Å². The summed E-state index contributed by atoms with van der Waals surface area (Å²) in [5.74, 6) is 0.313. The first-order chi connectivity index (χ1) is 14.2. The number of benzene rings is 2. The van der Waals surface area contributed by atoms with Gasteiger partial charge in [-0.2, -0.15) is 0 Å². The number of amides is 1. The van der Waals surface area contributed by atoms with E-state index in [1.165, 1.54) is 0 Å². The van der Waals surface area contributed by atoms with Crippen molar-refractivity contribution in [2.75, 3.05) is 38.3 Å². The molecule has 0 atom stereocenters. The Hall–Kier alpha value is -2.66. The highest BCUT2D eigenvalue weighted by Crippen LogP contribution is 2.25. The quantitative estimate of drug-likeness (QED) is 0.480. The van der Waals surface area contributed by atoms with Gasteiger partial charge in [-0.15, -0.1) is 0 Å². The van der Waals surface area contributed by atoms with Gasteiger partial charge in [0.15, 0.2) is 0 Å². The first-order valence-corrected chi connectivity index (χ1v) is 10.3. The Balaban J connectivity index is 1.59. The lowest BCUT2D eigenvalue weighted by atomic mass is 9.94. The van der Waals surface area contributed by atoms with Crippen LogP contribution in [-0.2, 0) is 16.1 Å². The zero-order chi connectivity index (χ0) is 20.5. The molecule has 1 heterocycles. The second-order valence-corrected chi connectivity index (χ2v) is 7.56. The van der Waals surface area contributed by atoms with Gasteiger partial charge < -0.3 is 14.5 Å². The van der Waals surface area contributed by atoms with Gasteiger partial charge in [0, 0.05) is 57.1 Å². The molecular weight excluding hydrogens is 364 g/mol. The van der Waals surface area contributed by atoms with Gasteiger partial charge in [0.25, 0.3) is 0 Å². The van der Waals surface area contributed by atoms with Gasteiger partial charge in [0.1, 0.15) is 6.29 Å². The molecule has 0 spiro atoms. The lowest BCUT2D eigenvalue weighted by Gasteiger charge is -2.35. The van der Waals surface area contributed by atoms with Crippen molar-refractivity contribution in [2.45, 2.75) is 25.8 Å². The highest BCUT2D eigenvalue weighted by atomic mass is 16.5. The minimum Gasteiger partial charge on any atom is -0.385 e. The number of hydrogen-bond acceptors (Lipinski definition) is 4. The van der Waals surface area contributed by atoms with E-state index < -0.39 is 0 Å². The van der Waals surface area contributed by atoms with Crippen LogP contribution in [0.5, 0.6) is 0 Å². The summed E-state index contributed by atoms with van der Waals surface area (Å²) in [5.41, 5.74) is 2.96. The number of ether oxygens (including phenoxy) is 1. The molecule has 1 fully saturated rings. The maximum atomic E-state index is 13.3. The molecule has 0 N–H and O–H groups in total. The maximum Gasteiger partial charge on any atom is 0.226 e. The first-order valence-electron chi connectivity index (χ1n) is 10.3. The van der Waals surface area contributed by atoms with Crippen molar-refractivity contribution in [1.29, 1.82) is 0 Å². The molecule has 0 radical (unpaired) electrons. The molecule has 154 valence electrons. The van der Waals surface area contributed by atoms with E-state index >= 15 is 0 Å². The van der Waals surface area contributed by atoms with Crippen LogP contribution in [0.25, 0.3) is 0 Å². The van der Waals surface area contributed by atoms with Crippen LogP contribution < -0.4 is 4.90 Å². The predicted molar refractivity (Wildman–Crippen MR) is 115 cm³/mol. The molecule has 2 aromatic carbocycles. The maximum absolute atomic E-state index is 13.3.